The SMILES string of the molecule is COc1ccc(CO)cc1-c1ccc(C(F)(F)F)cc1CCc1cc(C(F)(F)F)cc(C(F)(F)F)c1. The van der Waals surface area contributed by atoms with Crippen LogP contribution in [0.1, 0.15) is 33.4 Å². The van der Waals surface area contributed by atoms with Crippen LogP contribution in [0, 0.1) is 0 Å². The lowest BCUT2D eigenvalue weighted by Crippen LogP contribution is -2.12. The van der Waals surface area contributed by atoms with Crippen molar-refractivity contribution in [2.45, 2.75) is 38.0 Å². The largest absolute Gasteiger partial charge is 0.496 e. The van der Waals surface area contributed by atoms with Crippen molar-refractivity contribution in [1.29, 1.82) is 0 Å². The van der Waals surface area contributed by atoms with E-state index in [0.717, 1.165) is 18.2 Å². The average molecular weight is 522 g/mol. The fraction of sp³-hybridized carbons (Fsp3) is 0.280. The Balaban J connectivity index is 2.11. The minimum absolute atomic E-state index is 0.00947. The van der Waals surface area contributed by atoms with Gasteiger partial charge in [0, 0.05) is 5.56 Å². The standard InChI is InChI=1S/C25H19F9O2/c1-36-22-7-3-15(13-35)10-21(22)20-6-5-17(23(26,27)28)11-16(20)4-2-14-8-18(24(29,30)31)12-19(9-14)25(32,33)34/h3,5-12,35H,2,4,13H2,1H3. The van der Waals surface area contributed by atoms with Gasteiger partial charge in [-0.3, -0.25) is 0 Å². The first kappa shape index (κ1) is 27.4. The third-order valence-corrected chi connectivity index (χ3v) is 5.50. The quantitative estimate of drug-likeness (QED) is 0.336. The van der Waals surface area contributed by atoms with Gasteiger partial charge in [-0.1, -0.05) is 12.1 Å². The Morgan fingerprint density at radius 1 is 0.611 bits per heavy atom. The molecule has 3 rings (SSSR count). The van der Waals surface area contributed by atoms with Crippen molar-refractivity contribution in [3.8, 4) is 16.9 Å². The Bertz CT molecular complexity index is 1190. The van der Waals surface area contributed by atoms with Crippen LogP contribution in [-0.2, 0) is 38.0 Å². The lowest BCUT2D eigenvalue weighted by molar-refractivity contribution is -0.143. The molecule has 0 heterocycles. The van der Waals surface area contributed by atoms with Crippen molar-refractivity contribution in [3.63, 3.8) is 0 Å². The van der Waals surface area contributed by atoms with Crippen LogP contribution in [0.2, 0.25) is 0 Å². The summed E-state index contributed by atoms with van der Waals surface area (Å²) < 4.78 is 125. The molecule has 3 aromatic rings. The van der Waals surface area contributed by atoms with Gasteiger partial charge in [0.2, 0.25) is 0 Å². The number of hydrogen-bond acceptors (Lipinski definition) is 2. The first-order valence-corrected chi connectivity index (χ1v) is 10.4. The third-order valence-electron chi connectivity index (χ3n) is 5.50. The number of aryl methyl sites for hydroxylation is 2. The van der Waals surface area contributed by atoms with Crippen molar-refractivity contribution < 1.29 is 49.4 Å². The van der Waals surface area contributed by atoms with E-state index in [1.165, 1.54) is 25.3 Å². The van der Waals surface area contributed by atoms with Crippen LogP contribution >= 0.6 is 0 Å². The molecular formula is C25H19F9O2. The fourth-order valence-electron chi connectivity index (χ4n) is 3.75. The van der Waals surface area contributed by atoms with Crippen LogP contribution in [0.15, 0.2) is 54.6 Å². The Kier molecular flexibility index (Phi) is 7.64. The summed E-state index contributed by atoms with van der Waals surface area (Å²) in [5.41, 5.74) is -3.38. The predicted octanol–water partition coefficient (Wildman–Crippen LogP) is 7.70. The summed E-state index contributed by atoms with van der Waals surface area (Å²) in [6.07, 6.45) is -15.5. The highest BCUT2D eigenvalue weighted by Crippen LogP contribution is 2.39. The van der Waals surface area contributed by atoms with Gasteiger partial charge in [0.15, 0.2) is 0 Å². The van der Waals surface area contributed by atoms with Crippen LogP contribution in [0.25, 0.3) is 11.1 Å². The molecular weight excluding hydrogens is 503 g/mol. The van der Waals surface area contributed by atoms with Crippen molar-refractivity contribution >= 4 is 0 Å². The van der Waals surface area contributed by atoms with Gasteiger partial charge in [-0.2, -0.15) is 39.5 Å². The molecule has 11 heteroatoms. The maximum absolute atomic E-state index is 13.4. The average Bonchev–Trinajstić information content (AvgIpc) is 2.80. The lowest BCUT2D eigenvalue weighted by Gasteiger charge is -2.18. The summed E-state index contributed by atoms with van der Waals surface area (Å²) in [6, 6.07) is 8.38. The number of rotatable bonds is 6. The van der Waals surface area contributed by atoms with E-state index >= 15 is 0 Å². The normalized spacial score (nSPS) is 12.6. The molecule has 0 aromatic heterocycles. The second-order valence-electron chi connectivity index (χ2n) is 7.98. The van der Waals surface area contributed by atoms with Crippen molar-refractivity contribution in [3.05, 3.63) is 88.0 Å². The highest BCUT2D eigenvalue weighted by molar-refractivity contribution is 5.74. The van der Waals surface area contributed by atoms with E-state index in [1.54, 1.807) is 0 Å². The van der Waals surface area contributed by atoms with E-state index < -0.39 is 41.6 Å². The molecule has 194 valence electrons. The van der Waals surface area contributed by atoms with Crippen LogP contribution in [0.5, 0.6) is 5.75 Å². The number of hydrogen-bond donors (Lipinski definition) is 1. The lowest BCUT2D eigenvalue weighted by atomic mass is 9.91. The fourth-order valence-corrected chi connectivity index (χ4v) is 3.75. The number of methoxy groups -OCH3 is 1. The van der Waals surface area contributed by atoms with Crippen LogP contribution in [0.3, 0.4) is 0 Å². The number of halogens is 9. The Hall–Kier alpha value is -3.21. The molecule has 36 heavy (non-hydrogen) atoms. The van der Waals surface area contributed by atoms with Gasteiger partial charge in [-0.15, -0.1) is 0 Å². The second-order valence-corrected chi connectivity index (χ2v) is 7.98. The summed E-state index contributed by atoms with van der Waals surface area (Å²) >= 11 is 0. The first-order valence-electron chi connectivity index (χ1n) is 10.4. The van der Waals surface area contributed by atoms with Gasteiger partial charge in [-0.25, -0.2) is 0 Å². The molecule has 0 spiro atoms. The van der Waals surface area contributed by atoms with Crippen molar-refractivity contribution in [2.24, 2.45) is 0 Å². The highest BCUT2D eigenvalue weighted by atomic mass is 19.4. The first-order chi connectivity index (χ1) is 16.6. The number of aliphatic hydroxyl groups is 1. The van der Waals surface area contributed by atoms with E-state index in [4.69, 9.17) is 4.74 Å². The van der Waals surface area contributed by atoms with Crippen LogP contribution < -0.4 is 4.74 Å². The van der Waals surface area contributed by atoms with Crippen LogP contribution in [0.4, 0.5) is 39.5 Å². The summed E-state index contributed by atoms with van der Waals surface area (Å²) in [5.74, 6) is 0.256. The van der Waals surface area contributed by atoms with E-state index in [0.29, 0.717) is 23.3 Å². The van der Waals surface area contributed by atoms with Gasteiger partial charge in [-0.05, 0) is 77.6 Å². The van der Waals surface area contributed by atoms with E-state index in [1.807, 2.05) is 0 Å². The zero-order chi connectivity index (χ0) is 26.9. The van der Waals surface area contributed by atoms with E-state index in [9.17, 15) is 44.6 Å². The summed E-state index contributed by atoms with van der Waals surface area (Å²) in [4.78, 5) is 0. The number of alkyl halides is 9. The Morgan fingerprint density at radius 3 is 1.69 bits per heavy atom. The molecule has 0 saturated carbocycles. The zero-order valence-corrected chi connectivity index (χ0v) is 18.6. The molecule has 2 nitrogen and oxygen atoms in total. The van der Waals surface area contributed by atoms with E-state index in [2.05, 4.69) is 0 Å². The molecule has 0 atom stereocenters. The van der Waals surface area contributed by atoms with Gasteiger partial charge < -0.3 is 9.84 Å². The number of aliphatic hydroxyl groups excluding tert-OH is 1. The summed E-state index contributed by atoms with van der Waals surface area (Å²) in [5, 5.41) is 9.45. The Morgan fingerprint density at radius 2 is 1.19 bits per heavy atom. The van der Waals surface area contributed by atoms with Gasteiger partial charge in [0.05, 0.1) is 30.4 Å². The topological polar surface area (TPSA) is 29.5 Å². The monoisotopic (exact) mass is 522 g/mol. The minimum Gasteiger partial charge on any atom is -0.496 e. The number of benzene rings is 3. The smallest absolute Gasteiger partial charge is 0.416 e. The van der Waals surface area contributed by atoms with Crippen molar-refractivity contribution in [2.75, 3.05) is 7.11 Å². The minimum atomic E-state index is -5.05. The Labute approximate surface area is 199 Å². The van der Waals surface area contributed by atoms with Gasteiger partial charge in [0.25, 0.3) is 0 Å². The zero-order valence-electron chi connectivity index (χ0n) is 18.6. The molecule has 1 N–H and O–H groups in total. The van der Waals surface area contributed by atoms with Crippen LogP contribution in [-0.4, -0.2) is 12.2 Å². The van der Waals surface area contributed by atoms with Crippen molar-refractivity contribution in [1.82, 2.24) is 0 Å². The molecule has 0 bridgehead atoms. The highest BCUT2D eigenvalue weighted by Gasteiger charge is 2.37. The molecule has 0 aliphatic heterocycles. The summed E-state index contributed by atoms with van der Waals surface area (Å²) in [6.45, 7) is -0.378. The van der Waals surface area contributed by atoms with E-state index in [-0.39, 0.29) is 41.5 Å². The molecule has 0 saturated heterocycles. The molecule has 0 radical (unpaired) electrons. The summed E-state index contributed by atoms with van der Waals surface area (Å²) in [7, 11) is 1.32. The predicted molar refractivity (Wildman–Crippen MR) is 113 cm³/mol. The molecule has 3 aromatic carbocycles. The molecule has 0 aliphatic carbocycles. The molecule has 0 fully saturated rings. The molecule has 0 aliphatic rings. The number of ether oxygens (including phenoxy) is 1. The van der Waals surface area contributed by atoms with Gasteiger partial charge >= 0.3 is 18.5 Å². The third kappa shape index (κ3) is 6.31. The maximum atomic E-state index is 13.4. The molecule has 0 amide bonds. The second kappa shape index (κ2) is 10.0. The van der Waals surface area contributed by atoms with Gasteiger partial charge in [0.1, 0.15) is 5.75 Å². The molecule has 0 unspecified atom stereocenters. The maximum Gasteiger partial charge on any atom is 0.416 e.